The molecule has 0 aliphatic carbocycles. The molecular formula is C21H36N6O4. The van der Waals surface area contributed by atoms with Gasteiger partial charge in [-0.2, -0.15) is 0 Å². The highest BCUT2D eigenvalue weighted by Crippen LogP contribution is 2.18. The van der Waals surface area contributed by atoms with Gasteiger partial charge in [0.2, 0.25) is 5.91 Å². The van der Waals surface area contributed by atoms with E-state index in [-0.39, 0.29) is 18.1 Å². The number of primary amides is 1. The molecule has 0 fully saturated rings. The van der Waals surface area contributed by atoms with Gasteiger partial charge in [0.05, 0.1) is 17.6 Å². The van der Waals surface area contributed by atoms with E-state index < -0.39 is 29.7 Å². The van der Waals surface area contributed by atoms with E-state index in [9.17, 15) is 14.4 Å². The molecule has 174 valence electrons. The molecule has 0 saturated carbocycles. The van der Waals surface area contributed by atoms with Crippen LogP contribution in [0.2, 0.25) is 0 Å². The van der Waals surface area contributed by atoms with Gasteiger partial charge in [-0.25, -0.2) is 14.8 Å². The maximum Gasteiger partial charge on any atom is 0.410 e. The zero-order valence-corrected chi connectivity index (χ0v) is 19.8. The smallest absolute Gasteiger partial charge is 0.410 e. The number of hydrogen-bond donors (Lipinski definition) is 3. The van der Waals surface area contributed by atoms with E-state index >= 15 is 0 Å². The monoisotopic (exact) mass is 436 g/mol. The van der Waals surface area contributed by atoms with Gasteiger partial charge >= 0.3 is 6.09 Å². The van der Waals surface area contributed by atoms with Crippen molar-refractivity contribution >= 4 is 23.7 Å². The number of nitrogens with zero attached hydrogens (tertiary/aromatic N) is 3. The Bertz CT molecular complexity index is 804. The second-order valence-corrected chi connectivity index (χ2v) is 8.90. The third-order valence-electron chi connectivity index (χ3n) is 4.04. The molecule has 1 aromatic rings. The molecular weight excluding hydrogens is 400 g/mol. The van der Waals surface area contributed by atoms with Crippen molar-refractivity contribution in [2.75, 3.05) is 18.9 Å². The highest BCUT2D eigenvalue weighted by Gasteiger charge is 2.23. The number of aryl methyl sites for hydroxylation is 1. The molecule has 10 nitrogen and oxygen atoms in total. The first kappa shape index (κ1) is 26.1. The Morgan fingerprint density at radius 2 is 1.74 bits per heavy atom. The molecule has 1 atom stereocenters. The number of likely N-dealkylation sites (N-methyl/N-ethyl adjacent to an activating group) is 1. The zero-order valence-electron chi connectivity index (χ0n) is 19.8. The lowest BCUT2D eigenvalue weighted by atomic mass is 10.0. The quantitative estimate of drug-likeness (QED) is 0.503. The molecule has 31 heavy (non-hydrogen) atoms. The summed E-state index contributed by atoms with van der Waals surface area (Å²) in [5.74, 6) is -0.542. The standard InChI is InChI=1S/C21H36N6O4/c1-9-14-15(10-12(2)3)26-19(17(25-14)18(22)29)24-13(4)23-16(28)11-27(8)20(30)31-21(5,6)7/h12-13H,9-11H2,1-8H3,(H2,22,29)(H,23,28)(H,24,26). The van der Waals surface area contributed by atoms with Gasteiger partial charge < -0.3 is 26.0 Å². The van der Waals surface area contributed by atoms with Crippen molar-refractivity contribution in [1.82, 2.24) is 20.2 Å². The van der Waals surface area contributed by atoms with E-state index in [1.54, 1.807) is 27.7 Å². The van der Waals surface area contributed by atoms with Crippen LogP contribution in [0.4, 0.5) is 10.6 Å². The van der Waals surface area contributed by atoms with Crippen LogP contribution in [0.25, 0.3) is 0 Å². The van der Waals surface area contributed by atoms with Crippen LogP contribution in [-0.4, -0.2) is 58.1 Å². The maximum absolute atomic E-state index is 12.3. The summed E-state index contributed by atoms with van der Waals surface area (Å²) in [6, 6.07) is 0. The Labute approximate surface area is 184 Å². The molecule has 0 bridgehead atoms. The van der Waals surface area contributed by atoms with Crippen molar-refractivity contribution in [1.29, 1.82) is 0 Å². The van der Waals surface area contributed by atoms with Gasteiger partial charge in [-0.1, -0.05) is 20.8 Å². The Balaban J connectivity index is 2.90. The minimum absolute atomic E-state index is 0.0244. The van der Waals surface area contributed by atoms with Crippen molar-refractivity contribution in [3.63, 3.8) is 0 Å². The summed E-state index contributed by atoms with van der Waals surface area (Å²) in [4.78, 5) is 46.4. The van der Waals surface area contributed by atoms with Crippen molar-refractivity contribution in [3.8, 4) is 0 Å². The third kappa shape index (κ3) is 8.77. The van der Waals surface area contributed by atoms with Crippen LogP contribution in [0.1, 0.15) is 70.3 Å². The van der Waals surface area contributed by atoms with Gasteiger partial charge in [-0.05, 0) is 46.5 Å². The number of ether oxygens (including phenoxy) is 1. The molecule has 10 heteroatoms. The van der Waals surface area contributed by atoms with Crippen LogP contribution in [0.5, 0.6) is 0 Å². The molecule has 0 aromatic carbocycles. The third-order valence-corrected chi connectivity index (χ3v) is 4.04. The molecule has 3 amide bonds. The van der Waals surface area contributed by atoms with Crippen molar-refractivity contribution in [3.05, 3.63) is 17.1 Å². The molecule has 0 saturated heterocycles. The van der Waals surface area contributed by atoms with E-state index in [0.717, 1.165) is 11.4 Å². The lowest BCUT2D eigenvalue weighted by molar-refractivity contribution is -0.122. The maximum atomic E-state index is 12.3. The van der Waals surface area contributed by atoms with E-state index in [0.29, 0.717) is 18.8 Å². The van der Waals surface area contributed by atoms with Gasteiger partial charge in [0.1, 0.15) is 12.1 Å². The van der Waals surface area contributed by atoms with Crippen molar-refractivity contribution < 1.29 is 19.1 Å². The van der Waals surface area contributed by atoms with Crippen molar-refractivity contribution in [2.24, 2.45) is 11.7 Å². The Kier molecular flexibility index (Phi) is 9.20. The average Bonchev–Trinajstić information content (AvgIpc) is 2.59. The molecule has 0 spiro atoms. The van der Waals surface area contributed by atoms with E-state index in [2.05, 4.69) is 34.4 Å². The fraction of sp³-hybridized carbons (Fsp3) is 0.667. The highest BCUT2D eigenvalue weighted by atomic mass is 16.6. The zero-order chi connectivity index (χ0) is 23.9. The fourth-order valence-corrected chi connectivity index (χ4v) is 2.76. The largest absolute Gasteiger partial charge is 0.444 e. The summed E-state index contributed by atoms with van der Waals surface area (Å²) in [6.45, 7) is 12.8. The second kappa shape index (κ2) is 10.9. The number of hydrogen-bond acceptors (Lipinski definition) is 7. The summed E-state index contributed by atoms with van der Waals surface area (Å²) in [5, 5.41) is 5.70. The minimum Gasteiger partial charge on any atom is -0.444 e. The van der Waals surface area contributed by atoms with E-state index in [1.807, 2.05) is 6.92 Å². The summed E-state index contributed by atoms with van der Waals surface area (Å²) in [5.41, 5.74) is 6.37. The number of carbonyl (C=O) groups excluding carboxylic acids is 3. The summed E-state index contributed by atoms with van der Waals surface area (Å²) < 4.78 is 5.23. The van der Waals surface area contributed by atoms with Gasteiger partial charge in [-0.3, -0.25) is 9.59 Å². The van der Waals surface area contributed by atoms with E-state index in [4.69, 9.17) is 10.5 Å². The normalized spacial score (nSPS) is 12.3. The SMILES string of the molecule is CCc1nc(C(N)=O)c(NC(C)NC(=O)CN(C)C(=O)OC(C)(C)C)nc1CC(C)C. The summed E-state index contributed by atoms with van der Waals surface area (Å²) in [6.07, 6.45) is 0.134. The lowest BCUT2D eigenvalue weighted by Crippen LogP contribution is -2.45. The Morgan fingerprint density at radius 1 is 1.13 bits per heavy atom. The molecule has 1 aromatic heterocycles. The Hall–Kier alpha value is -2.91. The van der Waals surface area contributed by atoms with Gasteiger partial charge in [0.15, 0.2) is 11.5 Å². The van der Waals surface area contributed by atoms with Gasteiger partial charge in [0, 0.05) is 7.05 Å². The topological polar surface area (TPSA) is 140 Å². The van der Waals surface area contributed by atoms with Crippen LogP contribution in [0.15, 0.2) is 0 Å². The number of amides is 3. The first-order valence-electron chi connectivity index (χ1n) is 10.4. The number of rotatable bonds is 9. The molecule has 1 heterocycles. The van der Waals surface area contributed by atoms with Crippen LogP contribution in [-0.2, 0) is 22.4 Å². The molecule has 4 N–H and O–H groups in total. The molecule has 1 rings (SSSR count). The number of anilines is 1. The minimum atomic E-state index is -0.705. The lowest BCUT2D eigenvalue weighted by Gasteiger charge is -2.25. The predicted molar refractivity (Wildman–Crippen MR) is 119 cm³/mol. The molecule has 0 aliphatic heterocycles. The predicted octanol–water partition coefficient (Wildman–Crippen LogP) is 2.08. The van der Waals surface area contributed by atoms with Crippen LogP contribution in [0.3, 0.4) is 0 Å². The highest BCUT2D eigenvalue weighted by molar-refractivity contribution is 5.95. The first-order chi connectivity index (χ1) is 14.2. The fourth-order valence-electron chi connectivity index (χ4n) is 2.76. The van der Waals surface area contributed by atoms with Crippen LogP contribution in [0, 0.1) is 5.92 Å². The van der Waals surface area contributed by atoms with E-state index in [1.165, 1.54) is 11.9 Å². The Morgan fingerprint density at radius 3 is 2.23 bits per heavy atom. The summed E-state index contributed by atoms with van der Waals surface area (Å²) >= 11 is 0. The molecule has 0 aliphatic rings. The van der Waals surface area contributed by atoms with Gasteiger partial charge in [-0.15, -0.1) is 0 Å². The molecule has 1 unspecified atom stereocenters. The van der Waals surface area contributed by atoms with Crippen LogP contribution < -0.4 is 16.4 Å². The average molecular weight is 437 g/mol. The van der Waals surface area contributed by atoms with Gasteiger partial charge in [0.25, 0.3) is 5.91 Å². The summed E-state index contributed by atoms with van der Waals surface area (Å²) in [7, 11) is 1.48. The number of nitrogens with one attached hydrogen (secondary N) is 2. The first-order valence-corrected chi connectivity index (χ1v) is 10.4. The number of carbonyl (C=O) groups is 3. The van der Waals surface area contributed by atoms with Crippen LogP contribution >= 0.6 is 0 Å². The molecule has 0 radical (unpaired) electrons. The number of aromatic nitrogens is 2. The number of nitrogens with two attached hydrogens (primary N) is 1. The van der Waals surface area contributed by atoms with Crippen molar-refractivity contribution in [2.45, 2.75) is 73.1 Å². The second-order valence-electron chi connectivity index (χ2n) is 8.90.